The van der Waals surface area contributed by atoms with Gasteiger partial charge in [-0.15, -0.1) is 0 Å². The Kier molecular flexibility index (Phi) is 5.51. The van der Waals surface area contributed by atoms with Crippen molar-refractivity contribution < 1.29 is 5.11 Å². The predicted octanol–water partition coefficient (Wildman–Crippen LogP) is 2.55. The number of nitriles is 1. The molecule has 0 saturated carbocycles. The molecule has 1 rings (SSSR count). The Hall–Kier alpha value is -1.53. The van der Waals surface area contributed by atoms with Crippen LogP contribution < -0.4 is 4.90 Å². The van der Waals surface area contributed by atoms with E-state index < -0.39 is 0 Å². The third kappa shape index (κ3) is 4.46. The monoisotopic (exact) mass is 232 g/mol. The van der Waals surface area contributed by atoms with E-state index in [2.05, 4.69) is 24.8 Å². The summed E-state index contributed by atoms with van der Waals surface area (Å²) >= 11 is 0. The first-order valence-corrected chi connectivity index (χ1v) is 5.99. The molecule has 0 saturated heterocycles. The molecule has 0 aliphatic rings. The van der Waals surface area contributed by atoms with Gasteiger partial charge in [0.2, 0.25) is 0 Å². The van der Waals surface area contributed by atoms with Crippen molar-refractivity contribution in [1.29, 1.82) is 5.26 Å². The average molecular weight is 232 g/mol. The molecule has 0 bridgehead atoms. The van der Waals surface area contributed by atoms with Crippen LogP contribution in [0, 0.1) is 17.2 Å². The summed E-state index contributed by atoms with van der Waals surface area (Å²) in [5.41, 5.74) is 2.03. The van der Waals surface area contributed by atoms with E-state index in [4.69, 9.17) is 10.4 Å². The van der Waals surface area contributed by atoms with Crippen LogP contribution in [0.4, 0.5) is 5.69 Å². The molecule has 0 aliphatic heterocycles. The minimum absolute atomic E-state index is 0.0721. The third-order valence-electron chi connectivity index (χ3n) is 2.56. The lowest BCUT2D eigenvalue weighted by Gasteiger charge is -2.26. The molecular weight excluding hydrogens is 212 g/mol. The molecule has 0 aliphatic carbocycles. The van der Waals surface area contributed by atoms with E-state index in [1.807, 2.05) is 24.3 Å². The molecule has 0 fully saturated rings. The van der Waals surface area contributed by atoms with Crippen LogP contribution in [0.15, 0.2) is 24.3 Å². The molecular formula is C14H20N2O. The van der Waals surface area contributed by atoms with E-state index in [-0.39, 0.29) is 6.61 Å². The molecule has 92 valence electrons. The molecule has 1 aromatic carbocycles. The van der Waals surface area contributed by atoms with Crippen LogP contribution in [-0.2, 0) is 6.61 Å². The quantitative estimate of drug-likeness (QED) is 0.820. The maximum atomic E-state index is 9.00. The molecule has 1 N–H and O–H groups in total. The smallest absolute Gasteiger partial charge is 0.0681 e. The fourth-order valence-corrected chi connectivity index (χ4v) is 1.76. The van der Waals surface area contributed by atoms with Gasteiger partial charge < -0.3 is 10.0 Å². The van der Waals surface area contributed by atoms with Gasteiger partial charge in [-0.1, -0.05) is 26.0 Å². The van der Waals surface area contributed by atoms with Gasteiger partial charge in [0.1, 0.15) is 0 Å². The Balaban J connectivity index is 2.76. The first kappa shape index (κ1) is 13.5. The van der Waals surface area contributed by atoms with E-state index in [1.54, 1.807) is 0 Å². The molecule has 0 heterocycles. The lowest BCUT2D eigenvalue weighted by molar-refractivity contribution is 0.282. The van der Waals surface area contributed by atoms with Crippen LogP contribution in [0.3, 0.4) is 0 Å². The first-order valence-electron chi connectivity index (χ1n) is 5.99. The summed E-state index contributed by atoms with van der Waals surface area (Å²) in [4.78, 5) is 2.22. The van der Waals surface area contributed by atoms with Crippen molar-refractivity contribution in [1.82, 2.24) is 0 Å². The fourth-order valence-electron chi connectivity index (χ4n) is 1.76. The Morgan fingerprint density at radius 3 is 2.41 bits per heavy atom. The lowest BCUT2D eigenvalue weighted by atomic mass is 10.1. The van der Waals surface area contributed by atoms with Gasteiger partial charge in [-0.2, -0.15) is 5.26 Å². The molecule has 0 aromatic heterocycles. The van der Waals surface area contributed by atoms with Gasteiger partial charge in [-0.25, -0.2) is 0 Å². The van der Waals surface area contributed by atoms with E-state index in [0.29, 0.717) is 12.3 Å². The van der Waals surface area contributed by atoms with Crippen LogP contribution in [-0.4, -0.2) is 18.2 Å². The van der Waals surface area contributed by atoms with Crippen molar-refractivity contribution in [2.45, 2.75) is 26.9 Å². The standard InChI is InChI=1S/C14H20N2O/c1-12(2)10-16(9-3-8-15)14-6-4-13(11-17)5-7-14/h4-7,12,17H,3,9-11H2,1-2H3. The van der Waals surface area contributed by atoms with E-state index in [1.165, 1.54) is 0 Å². The summed E-state index contributed by atoms with van der Waals surface area (Å²) in [5, 5.41) is 17.7. The lowest BCUT2D eigenvalue weighted by Crippen LogP contribution is -2.28. The van der Waals surface area contributed by atoms with Gasteiger partial charge in [0, 0.05) is 18.8 Å². The molecule has 17 heavy (non-hydrogen) atoms. The van der Waals surface area contributed by atoms with Crippen LogP contribution in [0.5, 0.6) is 0 Å². The third-order valence-corrected chi connectivity index (χ3v) is 2.56. The fraction of sp³-hybridized carbons (Fsp3) is 0.500. The molecule has 0 radical (unpaired) electrons. The zero-order valence-corrected chi connectivity index (χ0v) is 10.6. The number of benzene rings is 1. The SMILES string of the molecule is CC(C)CN(CCC#N)c1ccc(CO)cc1. The van der Waals surface area contributed by atoms with Crippen molar-refractivity contribution in [2.75, 3.05) is 18.0 Å². The minimum atomic E-state index is 0.0721. The van der Waals surface area contributed by atoms with Crippen molar-refractivity contribution in [3.8, 4) is 6.07 Å². The highest BCUT2D eigenvalue weighted by molar-refractivity contribution is 5.47. The number of hydrogen-bond acceptors (Lipinski definition) is 3. The van der Waals surface area contributed by atoms with Crippen LogP contribution in [0.25, 0.3) is 0 Å². The maximum absolute atomic E-state index is 9.00. The number of aliphatic hydroxyl groups is 1. The van der Waals surface area contributed by atoms with Crippen LogP contribution in [0.2, 0.25) is 0 Å². The summed E-state index contributed by atoms with van der Waals surface area (Å²) < 4.78 is 0. The topological polar surface area (TPSA) is 47.3 Å². The van der Waals surface area contributed by atoms with Crippen LogP contribution >= 0.6 is 0 Å². The van der Waals surface area contributed by atoms with E-state index in [9.17, 15) is 0 Å². The molecule has 1 aromatic rings. The number of anilines is 1. The van der Waals surface area contributed by atoms with Gasteiger partial charge in [0.25, 0.3) is 0 Å². The van der Waals surface area contributed by atoms with Gasteiger partial charge >= 0.3 is 0 Å². The second-order valence-electron chi connectivity index (χ2n) is 4.57. The first-order chi connectivity index (χ1) is 8.17. The molecule has 0 amide bonds. The molecule has 0 atom stereocenters. The van der Waals surface area contributed by atoms with Gasteiger partial charge in [0.05, 0.1) is 19.1 Å². The number of nitrogens with zero attached hydrogens (tertiary/aromatic N) is 2. The number of rotatable bonds is 6. The summed E-state index contributed by atoms with van der Waals surface area (Å²) in [6.45, 7) is 6.11. The van der Waals surface area contributed by atoms with Crippen molar-refractivity contribution in [3.05, 3.63) is 29.8 Å². The maximum Gasteiger partial charge on any atom is 0.0681 e. The Morgan fingerprint density at radius 2 is 1.94 bits per heavy atom. The summed E-state index contributed by atoms with van der Waals surface area (Å²) in [5.74, 6) is 0.561. The number of aliphatic hydroxyl groups excluding tert-OH is 1. The summed E-state index contributed by atoms with van der Waals surface area (Å²) in [6.07, 6.45) is 0.536. The predicted molar refractivity (Wildman–Crippen MR) is 69.6 cm³/mol. The zero-order valence-electron chi connectivity index (χ0n) is 10.6. The Labute approximate surface area is 103 Å². The highest BCUT2D eigenvalue weighted by Crippen LogP contribution is 2.17. The molecule has 3 heteroatoms. The van der Waals surface area contributed by atoms with Gasteiger partial charge in [-0.05, 0) is 23.6 Å². The highest BCUT2D eigenvalue weighted by Gasteiger charge is 2.08. The second kappa shape index (κ2) is 6.93. The summed E-state index contributed by atoms with van der Waals surface area (Å²) in [7, 11) is 0. The van der Waals surface area contributed by atoms with Crippen molar-refractivity contribution in [3.63, 3.8) is 0 Å². The van der Waals surface area contributed by atoms with E-state index >= 15 is 0 Å². The largest absolute Gasteiger partial charge is 0.392 e. The highest BCUT2D eigenvalue weighted by atomic mass is 16.3. The Bertz CT molecular complexity index is 365. The normalized spacial score (nSPS) is 10.3. The molecule has 0 unspecified atom stereocenters. The summed E-state index contributed by atoms with van der Waals surface area (Å²) in [6, 6.07) is 10.0. The minimum Gasteiger partial charge on any atom is -0.392 e. The molecule has 0 spiro atoms. The average Bonchev–Trinajstić information content (AvgIpc) is 2.34. The molecule has 3 nitrogen and oxygen atoms in total. The second-order valence-corrected chi connectivity index (χ2v) is 4.57. The van der Waals surface area contributed by atoms with Gasteiger partial charge in [-0.3, -0.25) is 0 Å². The number of hydrogen-bond donors (Lipinski definition) is 1. The zero-order chi connectivity index (χ0) is 12.7. The van der Waals surface area contributed by atoms with Crippen molar-refractivity contribution in [2.24, 2.45) is 5.92 Å². The van der Waals surface area contributed by atoms with E-state index in [0.717, 1.165) is 24.3 Å². The van der Waals surface area contributed by atoms with Crippen LogP contribution in [0.1, 0.15) is 25.8 Å². The van der Waals surface area contributed by atoms with Gasteiger partial charge in [0.15, 0.2) is 0 Å². The Morgan fingerprint density at radius 1 is 1.29 bits per heavy atom. The van der Waals surface area contributed by atoms with Crippen molar-refractivity contribution >= 4 is 5.69 Å².